The van der Waals surface area contributed by atoms with Gasteiger partial charge in [-0.3, -0.25) is 4.57 Å². The summed E-state index contributed by atoms with van der Waals surface area (Å²) in [5.41, 5.74) is 6.54. The predicted molar refractivity (Wildman–Crippen MR) is 75.2 cm³/mol. The van der Waals surface area contributed by atoms with E-state index in [4.69, 9.17) is 10.5 Å². The number of rotatable bonds is 4. The van der Waals surface area contributed by atoms with Crippen molar-refractivity contribution in [3.8, 4) is 11.4 Å². The van der Waals surface area contributed by atoms with Crippen LogP contribution in [0.4, 0.5) is 10.2 Å². The summed E-state index contributed by atoms with van der Waals surface area (Å²) in [6, 6.07) is 4.05. The molecule has 2 rings (SSSR count). The molecule has 6 nitrogen and oxygen atoms in total. The van der Waals surface area contributed by atoms with E-state index in [2.05, 4.69) is 9.72 Å². The van der Waals surface area contributed by atoms with Gasteiger partial charge < -0.3 is 15.2 Å². The van der Waals surface area contributed by atoms with Crippen molar-refractivity contribution in [2.24, 2.45) is 0 Å². The second-order valence-electron chi connectivity index (χ2n) is 4.26. The maximum Gasteiger partial charge on any atom is 0.360 e. The maximum absolute atomic E-state index is 13.3. The molecule has 0 aliphatic carbocycles. The van der Waals surface area contributed by atoms with E-state index in [0.717, 1.165) is 0 Å². The summed E-state index contributed by atoms with van der Waals surface area (Å²) in [6.45, 7) is 1.87. The highest BCUT2D eigenvalue weighted by atomic mass is 19.1. The molecule has 2 aromatic rings. The van der Waals surface area contributed by atoms with Crippen LogP contribution in [0.1, 0.15) is 23.2 Å². The van der Waals surface area contributed by atoms with E-state index < -0.39 is 11.8 Å². The third-order valence-corrected chi connectivity index (χ3v) is 3.06. The lowest BCUT2D eigenvalue weighted by atomic mass is 10.2. The number of benzene rings is 1. The van der Waals surface area contributed by atoms with Crippen LogP contribution in [0, 0.1) is 5.82 Å². The number of nitrogen functional groups attached to an aromatic ring is 1. The number of carbonyl (C=O) groups is 1. The van der Waals surface area contributed by atoms with E-state index in [9.17, 15) is 9.18 Å². The first-order valence-electron chi connectivity index (χ1n) is 6.32. The van der Waals surface area contributed by atoms with Crippen molar-refractivity contribution < 1.29 is 18.7 Å². The number of methoxy groups -OCH3 is 2. The summed E-state index contributed by atoms with van der Waals surface area (Å²) < 4.78 is 24.7. The Bertz CT molecular complexity index is 682. The number of aromatic nitrogens is 2. The largest absolute Gasteiger partial charge is 0.494 e. The van der Waals surface area contributed by atoms with Crippen LogP contribution >= 0.6 is 0 Å². The van der Waals surface area contributed by atoms with Gasteiger partial charge in [0, 0.05) is 12.5 Å². The Hall–Kier alpha value is -2.57. The van der Waals surface area contributed by atoms with Gasteiger partial charge in [0.25, 0.3) is 0 Å². The van der Waals surface area contributed by atoms with Gasteiger partial charge in [0.15, 0.2) is 5.69 Å². The molecule has 0 saturated heterocycles. The quantitative estimate of drug-likeness (QED) is 0.872. The molecule has 2 N–H and O–H groups in total. The normalized spacial score (nSPS) is 10.5. The first kappa shape index (κ1) is 14.8. The molecule has 0 saturated carbocycles. The third-order valence-electron chi connectivity index (χ3n) is 3.06. The number of anilines is 1. The van der Waals surface area contributed by atoms with E-state index in [-0.39, 0.29) is 11.5 Å². The minimum atomic E-state index is -0.623. The standard InChI is InChI=1S/C14H16FN3O3/c1-4-11-17-12(14(19)21-3)13(16)18(11)9-6-5-8(15)7-10(9)20-2/h5-7H,4,16H2,1-3H3. The Morgan fingerprint density at radius 3 is 2.71 bits per heavy atom. The Balaban J connectivity index is 2.69. The van der Waals surface area contributed by atoms with E-state index in [1.165, 1.54) is 32.4 Å². The Morgan fingerprint density at radius 1 is 1.43 bits per heavy atom. The summed E-state index contributed by atoms with van der Waals surface area (Å²) in [4.78, 5) is 15.9. The number of aryl methyl sites for hydroxylation is 1. The molecular weight excluding hydrogens is 277 g/mol. The summed E-state index contributed by atoms with van der Waals surface area (Å²) in [5, 5.41) is 0. The lowest BCUT2D eigenvalue weighted by Gasteiger charge is -2.13. The van der Waals surface area contributed by atoms with Crippen LogP contribution < -0.4 is 10.5 Å². The molecule has 7 heteroatoms. The zero-order chi connectivity index (χ0) is 15.6. The Kier molecular flexibility index (Phi) is 4.11. The average molecular weight is 293 g/mol. The molecule has 0 radical (unpaired) electrons. The molecule has 112 valence electrons. The zero-order valence-electron chi connectivity index (χ0n) is 12.0. The van der Waals surface area contributed by atoms with Gasteiger partial charge in [-0.2, -0.15) is 0 Å². The zero-order valence-corrected chi connectivity index (χ0v) is 12.0. The number of hydrogen-bond donors (Lipinski definition) is 1. The van der Waals surface area contributed by atoms with Gasteiger partial charge in [0.1, 0.15) is 23.2 Å². The number of ether oxygens (including phenoxy) is 2. The fourth-order valence-corrected chi connectivity index (χ4v) is 2.07. The van der Waals surface area contributed by atoms with E-state index in [1.807, 2.05) is 6.92 Å². The Labute approximate surface area is 121 Å². The molecular formula is C14H16FN3O3. The molecule has 1 heterocycles. The Morgan fingerprint density at radius 2 is 2.14 bits per heavy atom. The van der Waals surface area contributed by atoms with Gasteiger partial charge in [0.05, 0.1) is 19.9 Å². The predicted octanol–water partition coefficient (Wildman–Crippen LogP) is 1.95. The molecule has 0 amide bonds. The van der Waals surface area contributed by atoms with E-state index in [0.29, 0.717) is 23.7 Å². The third kappa shape index (κ3) is 2.54. The number of esters is 1. The highest BCUT2D eigenvalue weighted by molar-refractivity contribution is 5.92. The van der Waals surface area contributed by atoms with Crippen LogP contribution in [-0.2, 0) is 11.2 Å². The molecule has 21 heavy (non-hydrogen) atoms. The van der Waals surface area contributed by atoms with Crippen LogP contribution in [0.25, 0.3) is 5.69 Å². The second kappa shape index (κ2) is 5.82. The minimum Gasteiger partial charge on any atom is -0.494 e. The van der Waals surface area contributed by atoms with Crippen molar-refractivity contribution in [2.75, 3.05) is 20.0 Å². The SMILES string of the molecule is CCc1nc(C(=O)OC)c(N)n1-c1ccc(F)cc1OC. The average Bonchev–Trinajstić information content (AvgIpc) is 2.83. The second-order valence-corrected chi connectivity index (χ2v) is 4.26. The van der Waals surface area contributed by atoms with Gasteiger partial charge in [-0.15, -0.1) is 0 Å². The highest BCUT2D eigenvalue weighted by Gasteiger charge is 2.23. The molecule has 0 aliphatic heterocycles. The summed E-state index contributed by atoms with van der Waals surface area (Å²) >= 11 is 0. The van der Waals surface area contributed by atoms with E-state index in [1.54, 1.807) is 4.57 Å². The number of nitrogens with zero attached hydrogens (tertiary/aromatic N) is 2. The maximum atomic E-state index is 13.3. The number of halogens is 1. The first-order valence-corrected chi connectivity index (χ1v) is 6.32. The van der Waals surface area contributed by atoms with Gasteiger partial charge >= 0.3 is 5.97 Å². The van der Waals surface area contributed by atoms with Gasteiger partial charge in [-0.05, 0) is 12.1 Å². The van der Waals surface area contributed by atoms with Gasteiger partial charge in [-0.1, -0.05) is 6.92 Å². The van der Waals surface area contributed by atoms with Crippen molar-refractivity contribution in [1.29, 1.82) is 0 Å². The summed E-state index contributed by atoms with van der Waals surface area (Å²) in [6.07, 6.45) is 0.529. The molecule has 0 bridgehead atoms. The van der Waals surface area contributed by atoms with Crippen LogP contribution in [-0.4, -0.2) is 29.7 Å². The molecule has 0 unspecified atom stereocenters. The minimum absolute atomic E-state index is 0.0285. The molecule has 0 aliphatic rings. The van der Waals surface area contributed by atoms with Crippen molar-refractivity contribution >= 4 is 11.8 Å². The van der Waals surface area contributed by atoms with Crippen LogP contribution in [0.2, 0.25) is 0 Å². The number of hydrogen-bond acceptors (Lipinski definition) is 5. The fraction of sp³-hybridized carbons (Fsp3) is 0.286. The van der Waals surface area contributed by atoms with Crippen LogP contribution in [0.15, 0.2) is 18.2 Å². The van der Waals surface area contributed by atoms with Crippen molar-refractivity contribution in [1.82, 2.24) is 9.55 Å². The summed E-state index contributed by atoms with van der Waals surface area (Å²) in [7, 11) is 2.68. The molecule has 1 aromatic carbocycles. The van der Waals surface area contributed by atoms with Crippen molar-refractivity contribution in [3.63, 3.8) is 0 Å². The molecule has 0 atom stereocenters. The van der Waals surface area contributed by atoms with Gasteiger partial charge in [0.2, 0.25) is 0 Å². The first-order chi connectivity index (χ1) is 10.0. The van der Waals surface area contributed by atoms with E-state index >= 15 is 0 Å². The number of carbonyl (C=O) groups excluding carboxylic acids is 1. The number of nitrogens with two attached hydrogens (primary N) is 1. The summed E-state index contributed by atoms with van der Waals surface area (Å²) in [5.74, 6) is -0.0748. The highest BCUT2D eigenvalue weighted by Crippen LogP contribution is 2.29. The van der Waals surface area contributed by atoms with Crippen LogP contribution in [0.3, 0.4) is 0 Å². The van der Waals surface area contributed by atoms with Gasteiger partial charge in [-0.25, -0.2) is 14.2 Å². The molecule has 0 fully saturated rings. The smallest absolute Gasteiger partial charge is 0.360 e. The van der Waals surface area contributed by atoms with Crippen LogP contribution in [0.5, 0.6) is 5.75 Å². The molecule has 1 aromatic heterocycles. The molecule has 0 spiro atoms. The lowest BCUT2D eigenvalue weighted by molar-refractivity contribution is 0.0595. The lowest BCUT2D eigenvalue weighted by Crippen LogP contribution is -2.09. The van der Waals surface area contributed by atoms with Crippen molar-refractivity contribution in [3.05, 3.63) is 35.5 Å². The monoisotopic (exact) mass is 293 g/mol. The number of imidazole rings is 1. The topological polar surface area (TPSA) is 79.4 Å². The van der Waals surface area contributed by atoms with Crippen molar-refractivity contribution in [2.45, 2.75) is 13.3 Å². The fourth-order valence-electron chi connectivity index (χ4n) is 2.07.